The number of anilines is 1. The summed E-state index contributed by atoms with van der Waals surface area (Å²) < 4.78 is 14.4. The summed E-state index contributed by atoms with van der Waals surface area (Å²) in [5, 5.41) is 3.87. The van der Waals surface area contributed by atoms with E-state index in [2.05, 4.69) is 5.32 Å². The van der Waals surface area contributed by atoms with Crippen LogP contribution in [0, 0.1) is 12.7 Å². The number of amides is 1. The number of nitrogens with two attached hydrogens (primary N) is 1. The standard InChI is InChI=1S/C26H23Cl2FN2O2/c1-15-5-7-19(29)11-20(15)22-12-25(33)31-13-23(16-3-2-4-17(27)9-16)26(22,14-32)21-8-6-18(28)10-24(21)30/h2-11,14,22-23H,12-13,30H2,1H3,(H,31,33)/t22-,23+,26+/m0/s1. The van der Waals surface area contributed by atoms with Crippen LogP contribution in [0.4, 0.5) is 10.1 Å². The molecule has 3 aromatic carbocycles. The van der Waals surface area contributed by atoms with E-state index in [0.717, 1.165) is 17.4 Å². The molecule has 0 aliphatic carbocycles. The minimum Gasteiger partial charge on any atom is -0.398 e. The summed E-state index contributed by atoms with van der Waals surface area (Å²) >= 11 is 12.5. The molecular weight excluding hydrogens is 462 g/mol. The van der Waals surface area contributed by atoms with Gasteiger partial charge < -0.3 is 15.8 Å². The van der Waals surface area contributed by atoms with Crippen LogP contribution in [0.25, 0.3) is 0 Å². The molecule has 1 aliphatic rings. The van der Waals surface area contributed by atoms with Crippen LogP contribution in [0.15, 0.2) is 60.7 Å². The Morgan fingerprint density at radius 3 is 2.52 bits per heavy atom. The summed E-state index contributed by atoms with van der Waals surface area (Å²) in [5.74, 6) is -1.87. The van der Waals surface area contributed by atoms with Crippen LogP contribution in [0.5, 0.6) is 0 Å². The number of aryl methyl sites for hydroxylation is 1. The molecule has 4 rings (SSSR count). The lowest BCUT2D eigenvalue weighted by Gasteiger charge is -2.42. The number of hydrogen-bond acceptors (Lipinski definition) is 3. The molecule has 1 fully saturated rings. The number of benzene rings is 3. The molecule has 0 aromatic heterocycles. The summed E-state index contributed by atoms with van der Waals surface area (Å²) in [4.78, 5) is 26.2. The number of nitrogens with one attached hydrogen (secondary N) is 1. The number of halogens is 3. The second-order valence-electron chi connectivity index (χ2n) is 8.45. The minimum absolute atomic E-state index is 0.0117. The maximum Gasteiger partial charge on any atom is 0.220 e. The molecule has 1 amide bonds. The Bertz CT molecular complexity index is 1230. The first kappa shape index (κ1) is 23.3. The zero-order valence-corrected chi connectivity index (χ0v) is 19.5. The predicted molar refractivity (Wildman–Crippen MR) is 129 cm³/mol. The zero-order chi connectivity index (χ0) is 23.8. The number of nitrogen functional groups attached to an aromatic ring is 1. The van der Waals surface area contributed by atoms with Gasteiger partial charge in [-0.15, -0.1) is 0 Å². The first-order chi connectivity index (χ1) is 15.8. The smallest absolute Gasteiger partial charge is 0.220 e. The number of rotatable bonds is 4. The van der Waals surface area contributed by atoms with Gasteiger partial charge in [-0.2, -0.15) is 0 Å². The van der Waals surface area contributed by atoms with Crippen LogP contribution in [-0.2, 0) is 15.0 Å². The average molecular weight is 485 g/mol. The van der Waals surface area contributed by atoms with E-state index >= 15 is 0 Å². The molecule has 7 heteroatoms. The summed E-state index contributed by atoms with van der Waals surface area (Å²) in [6, 6.07) is 16.6. The second-order valence-corrected chi connectivity index (χ2v) is 9.32. The van der Waals surface area contributed by atoms with Gasteiger partial charge in [-0.3, -0.25) is 4.79 Å². The Labute approximate surface area is 201 Å². The largest absolute Gasteiger partial charge is 0.398 e. The molecule has 33 heavy (non-hydrogen) atoms. The fraction of sp³-hybridized carbons (Fsp3) is 0.231. The molecule has 1 saturated heterocycles. The molecule has 3 aromatic rings. The molecule has 170 valence electrons. The molecule has 3 N–H and O–H groups in total. The summed E-state index contributed by atoms with van der Waals surface area (Å²) in [6.07, 6.45) is 0.843. The maximum atomic E-state index is 14.4. The van der Waals surface area contributed by atoms with Gasteiger partial charge in [-0.25, -0.2) is 4.39 Å². The Morgan fingerprint density at radius 2 is 1.82 bits per heavy atom. The minimum atomic E-state index is -1.29. The van der Waals surface area contributed by atoms with Gasteiger partial charge in [0.2, 0.25) is 5.91 Å². The molecule has 0 spiro atoms. The number of carbonyl (C=O) groups is 2. The van der Waals surface area contributed by atoms with Gasteiger partial charge in [0.1, 0.15) is 12.1 Å². The third-order valence-corrected chi connectivity index (χ3v) is 7.06. The summed E-state index contributed by atoms with van der Waals surface area (Å²) in [7, 11) is 0. The molecule has 0 radical (unpaired) electrons. The lowest BCUT2D eigenvalue weighted by atomic mass is 9.58. The van der Waals surface area contributed by atoms with Crippen molar-refractivity contribution in [2.24, 2.45) is 0 Å². The number of hydrogen-bond donors (Lipinski definition) is 2. The molecule has 3 atom stereocenters. The van der Waals surface area contributed by atoms with E-state index in [-0.39, 0.29) is 18.9 Å². The van der Waals surface area contributed by atoms with Crippen molar-refractivity contribution in [2.45, 2.75) is 30.6 Å². The molecule has 0 bridgehead atoms. The summed E-state index contributed by atoms with van der Waals surface area (Å²) in [6.45, 7) is 2.03. The van der Waals surface area contributed by atoms with Gasteiger partial charge in [0.15, 0.2) is 0 Å². The third-order valence-electron chi connectivity index (χ3n) is 6.59. The predicted octanol–water partition coefficient (Wildman–Crippen LogP) is 5.55. The molecule has 4 nitrogen and oxygen atoms in total. The fourth-order valence-electron chi connectivity index (χ4n) is 5.06. The first-order valence-electron chi connectivity index (χ1n) is 10.6. The van der Waals surface area contributed by atoms with Crippen LogP contribution in [0.3, 0.4) is 0 Å². The van der Waals surface area contributed by atoms with Crippen LogP contribution in [0.1, 0.15) is 40.5 Å². The van der Waals surface area contributed by atoms with Gasteiger partial charge in [-0.05, 0) is 65.6 Å². The van der Waals surface area contributed by atoms with Gasteiger partial charge >= 0.3 is 0 Å². The highest BCUT2D eigenvalue weighted by Gasteiger charge is 2.52. The van der Waals surface area contributed by atoms with Gasteiger partial charge in [0.25, 0.3) is 0 Å². The summed E-state index contributed by atoms with van der Waals surface area (Å²) in [5.41, 5.74) is 8.13. The van der Waals surface area contributed by atoms with Crippen molar-refractivity contribution in [1.82, 2.24) is 5.32 Å². The van der Waals surface area contributed by atoms with Crippen molar-refractivity contribution in [3.05, 3.63) is 98.8 Å². The van der Waals surface area contributed by atoms with Crippen LogP contribution in [0.2, 0.25) is 10.0 Å². The van der Waals surface area contributed by atoms with Crippen LogP contribution < -0.4 is 11.1 Å². The van der Waals surface area contributed by atoms with E-state index in [1.807, 2.05) is 13.0 Å². The van der Waals surface area contributed by atoms with Crippen molar-refractivity contribution >= 4 is 41.1 Å². The lowest BCUT2D eigenvalue weighted by molar-refractivity contribution is -0.121. The maximum absolute atomic E-state index is 14.4. The van der Waals surface area contributed by atoms with E-state index < -0.39 is 23.1 Å². The highest BCUT2D eigenvalue weighted by Crippen LogP contribution is 2.53. The molecule has 0 unspecified atom stereocenters. The van der Waals surface area contributed by atoms with E-state index in [1.165, 1.54) is 12.1 Å². The highest BCUT2D eigenvalue weighted by atomic mass is 35.5. The van der Waals surface area contributed by atoms with Crippen molar-refractivity contribution < 1.29 is 14.0 Å². The topological polar surface area (TPSA) is 72.2 Å². The highest BCUT2D eigenvalue weighted by molar-refractivity contribution is 6.31. The number of carbonyl (C=O) groups excluding carboxylic acids is 2. The van der Waals surface area contributed by atoms with Crippen LogP contribution in [-0.4, -0.2) is 18.7 Å². The average Bonchev–Trinajstić information content (AvgIpc) is 2.92. The van der Waals surface area contributed by atoms with Crippen molar-refractivity contribution in [1.29, 1.82) is 0 Å². The second kappa shape index (κ2) is 9.16. The Balaban J connectivity index is 2.08. The molecule has 1 heterocycles. The third kappa shape index (κ3) is 4.23. The molecule has 0 saturated carbocycles. The molecule has 1 aliphatic heterocycles. The van der Waals surface area contributed by atoms with Crippen LogP contribution >= 0.6 is 23.2 Å². The van der Waals surface area contributed by atoms with Gasteiger partial charge in [0.05, 0.1) is 5.41 Å². The number of aldehydes is 1. The van der Waals surface area contributed by atoms with Gasteiger partial charge in [-0.1, -0.05) is 47.5 Å². The SMILES string of the molecule is Cc1ccc(F)cc1[C@@H]1CC(=O)NC[C@H](c2cccc(Cl)c2)[C@]1(C=O)c1ccc(Cl)cc1N. The van der Waals surface area contributed by atoms with Crippen molar-refractivity contribution in [2.75, 3.05) is 12.3 Å². The van der Waals surface area contributed by atoms with E-state index in [9.17, 15) is 14.0 Å². The van der Waals surface area contributed by atoms with E-state index in [1.54, 1.807) is 42.5 Å². The fourth-order valence-corrected chi connectivity index (χ4v) is 5.44. The Morgan fingerprint density at radius 1 is 1.06 bits per heavy atom. The zero-order valence-electron chi connectivity index (χ0n) is 17.9. The van der Waals surface area contributed by atoms with Gasteiger partial charge in [0, 0.05) is 40.5 Å². The van der Waals surface area contributed by atoms with E-state index in [4.69, 9.17) is 28.9 Å². The van der Waals surface area contributed by atoms with Crippen molar-refractivity contribution in [3.8, 4) is 0 Å². The Hall–Kier alpha value is -2.89. The van der Waals surface area contributed by atoms with Crippen molar-refractivity contribution in [3.63, 3.8) is 0 Å². The normalized spacial score (nSPS) is 23.0. The quantitative estimate of drug-likeness (QED) is 0.376. The monoisotopic (exact) mass is 484 g/mol. The lowest BCUT2D eigenvalue weighted by Crippen LogP contribution is -2.43. The Kier molecular flexibility index (Phi) is 6.46. The first-order valence-corrected chi connectivity index (χ1v) is 11.3. The van der Waals surface area contributed by atoms with E-state index in [0.29, 0.717) is 26.9 Å². The molecular formula is C26H23Cl2FN2O2.